The molecular formula is C24H17Cl2NO4S. The van der Waals surface area contributed by atoms with Gasteiger partial charge in [-0.1, -0.05) is 53.5 Å². The summed E-state index contributed by atoms with van der Waals surface area (Å²) in [5, 5.41) is 5.80. The maximum Gasteiger partial charge on any atom is 0.341 e. The van der Waals surface area contributed by atoms with Gasteiger partial charge in [0.1, 0.15) is 16.3 Å². The van der Waals surface area contributed by atoms with Crippen molar-refractivity contribution in [2.45, 2.75) is 6.92 Å². The van der Waals surface area contributed by atoms with Crippen molar-refractivity contribution in [1.82, 2.24) is 0 Å². The van der Waals surface area contributed by atoms with E-state index in [4.69, 9.17) is 32.4 Å². The number of halogens is 2. The maximum atomic E-state index is 12.9. The standard InChI is InChI=1S/C24H17Cl2NO4S/c1-2-30-24(29)21-16(14-6-4-3-5-7-14)13-32-23(21)27-22(28)20-11-10-19(31-20)15-8-9-17(25)18(26)12-15/h3-13H,2H2,1H3,(H,27,28). The fourth-order valence-electron chi connectivity index (χ4n) is 3.12. The van der Waals surface area contributed by atoms with Crippen LogP contribution in [0.5, 0.6) is 0 Å². The first-order chi connectivity index (χ1) is 15.5. The number of esters is 1. The molecular weight excluding hydrogens is 469 g/mol. The molecule has 0 aliphatic heterocycles. The molecule has 2 aromatic carbocycles. The van der Waals surface area contributed by atoms with Crippen LogP contribution >= 0.6 is 34.5 Å². The van der Waals surface area contributed by atoms with E-state index in [-0.39, 0.29) is 12.4 Å². The van der Waals surface area contributed by atoms with Crippen molar-refractivity contribution in [1.29, 1.82) is 0 Å². The van der Waals surface area contributed by atoms with Crippen molar-refractivity contribution in [2.75, 3.05) is 11.9 Å². The molecule has 0 spiro atoms. The Balaban J connectivity index is 1.62. The van der Waals surface area contributed by atoms with Crippen LogP contribution in [0.3, 0.4) is 0 Å². The van der Waals surface area contributed by atoms with Crippen LogP contribution in [0, 0.1) is 0 Å². The van der Waals surface area contributed by atoms with Crippen LogP contribution in [-0.4, -0.2) is 18.5 Å². The van der Waals surface area contributed by atoms with E-state index in [1.165, 1.54) is 11.3 Å². The molecule has 0 radical (unpaired) electrons. The molecule has 0 unspecified atom stereocenters. The molecule has 0 aliphatic carbocycles. The Bertz CT molecular complexity index is 1280. The second kappa shape index (κ2) is 9.61. The molecule has 0 atom stereocenters. The molecule has 8 heteroatoms. The predicted octanol–water partition coefficient (Wildman–Crippen LogP) is 7.41. The zero-order chi connectivity index (χ0) is 22.7. The monoisotopic (exact) mass is 485 g/mol. The average Bonchev–Trinajstić information content (AvgIpc) is 3.44. The van der Waals surface area contributed by atoms with Crippen molar-refractivity contribution in [3.63, 3.8) is 0 Å². The summed E-state index contributed by atoms with van der Waals surface area (Å²) in [6, 6.07) is 17.7. The van der Waals surface area contributed by atoms with Crippen molar-refractivity contribution in [3.05, 3.63) is 87.4 Å². The lowest BCUT2D eigenvalue weighted by Gasteiger charge is -2.08. The molecule has 0 saturated carbocycles. The molecule has 32 heavy (non-hydrogen) atoms. The third-order valence-corrected chi connectivity index (χ3v) is 6.25. The molecule has 4 rings (SSSR count). The number of hydrogen-bond donors (Lipinski definition) is 1. The SMILES string of the molecule is CCOC(=O)c1c(-c2ccccc2)csc1NC(=O)c1ccc(-c2ccc(Cl)c(Cl)c2)o1. The minimum Gasteiger partial charge on any atom is -0.462 e. The number of hydrogen-bond acceptors (Lipinski definition) is 5. The summed E-state index contributed by atoms with van der Waals surface area (Å²) in [5.74, 6) is -0.423. The van der Waals surface area contributed by atoms with Crippen molar-refractivity contribution < 1.29 is 18.7 Å². The van der Waals surface area contributed by atoms with Gasteiger partial charge in [-0.15, -0.1) is 11.3 Å². The highest BCUT2D eigenvalue weighted by Crippen LogP contribution is 2.37. The zero-order valence-electron chi connectivity index (χ0n) is 16.9. The van der Waals surface area contributed by atoms with Gasteiger partial charge in [-0.3, -0.25) is 4.79 Å². The van der Waals surface area contributed by atoms with E-state index >= 15 is 0 Å². The minimum absolute atomic E-state index is 0.0931. The first-order valence-corrected chi connectivity index (χ1v) is 11.3. The Morgan fingerprint density at radius 3 is 2.50 bits per heavy atom. The Labute approximate surface area is 198 Å². The van der Waals surface area contributed by atoms with Gasteiger partial charge < -0.3 is 14.5 Å². The molecule has 0 aliphatic rings. The summed E-state index contributed by atoms with van der Waals surface area (Å²) in [4.78, 5) is 25.5. The molecule has 0 saturated heterocycles. The maximum absolute atomic E-state index is 12.9. The molecule has 5 nitrogen and oxygen atoms in total. The smallest absolute Gasteiger partial charge is 0.341 e. The Hall–Kier alpha value is -3.06. The summed E-state index contributed by atoms with van der Waals surface area (Å²) < 4.78 is 10.9. The largest absolute Gasteiger partial charge is 0.462 e. The van der Waals surface area contributed by atoms with E-state index < -0.39 is 11.9 Å². The number of rotatable bonds is 6. The summed E-state index contributed by atoms with van der Waals surface area (Å²) in [7, 11) is 0. The predicted molar refractivity (Wildman–Crippen MR) is 128 cm³/mol. The fourth-order valence-corrected chi connectivity index (χ4v) is 4.37. The van der Waals surface area contributed by atoms with Gasteiger partial charge in [-0.05, 0) is 42.8 Å². The number of carbonyl (C=O) groups excluding carboxylic acids is 2. The van der Waals surface area contributed by atoms with Crippen LogP contribution < -0.4 is 5.32 Å². The second-order valence-corrected chi connectivity index (χ2v) is 8.38. The molecule has 0 bridgehead atoms. The zero-order valence-corrected chi connectivity index (χ0v) is 19.2. The van der Waals surface area contributed by atoms with Gasteiger partial charge >= 0.3 is 5.97 Å². The van der Waals surface area contributed by atoms with Crippen molar-refractivity contribution in [3.8, 4) is 22.5 Å². The molecule has 2 aromatic heterocycles. The lowest BCUT2D eigenvalue weighted by Crippen LogP contribution is -2.14. The molecule has 2 heterocycles. The van der Waals surface area contributed by atoms with E-state index in [2.05, 4.69) is 5.32 Å². The fraction of sp³-hybridized carbons (Fsp3) is 0.0833. The molecule has 0 fully saturated rings. The molecule has 1 amide bonds. The highest BCUT2D eigenvalue weighted by atomic mass is 35.5. The van der Waals surface area contributed by atoms with Crippen molar-refractivity contribution >= 4 is 51.4 Å². The van der Waals surface area contributed by atoms with Crippen LogP contribution in [0.25, 0.3) is 22.5 Å². The van der Waals surface area contributed by atoms with Crippen LogP contribution in [0.2, 0.25) is 10.0 Å². The van der Waals surface area contributed by atoms with Gasteiger partial charge in [0, 0.05) is 16.5 Å². The number of carbonyl (C=O) groups is 2. The number of anilines is 1. The van der Waals surface area contributed by atoms with Gasteiger partial charge in [0.25, 0.3) is 5.91 Å². The summed E-state index contributed by atoms with van der Waals surface area (Å²) >= 11 is 13.3. The van der Waals surface area contributed by atoms with Crippen LogP contribution in [-0.2, 0) is 4.74 Å². The summed E-state index contributed by atoms with van der Waals surface area (Å²) in [6.07, 6.45) is 0. The van der Waals surface area contributed by atoms with Crippen molar-refractivity contribution in [2.24, 2.45) is 0 Å². The Morgan fingerprint density at radius 2 is 1.78 bits per heavy atom. The quantitative estimate of drug-likeness (QED) is 0.288. The lowest BCUT2D eigenvalue weighted by molar-refractivity contribution is 0.0529. The lowest BCUT2D eigenvalue weighted by atomic mass is 10.0. The first-order valence-electron chi connectivity index (χ1n) is 9.68. The van der Waals surface area contributed by atoms with E-state index in [0.29, 0.717) is 37.5 Å². The van der Waals surface area contributed by atoms with Gasteiger partial charge in [0.05, 0.1) is 16.7 Å². The van der Waals surface area contributed by atoms with Crippen LogP contribution in [0.15, 0.2) is 70.5 Å². The highest BCUT2D eigenvalue weighted by molar-refractivity contribution is 7.15. The van der Waals surface area contributed by atoms with E-state index in [1.807, 2.05) is 35.7 Å². The third-order valence-electron chi connectivity index (χ3n) is 4.62. The highest BCUT2D eigenvalue weighted by Gasteiger charge is 2.24. The summed E-state index contributed by atoms with van der Waals surface area (Å²) in [5.41, 5.74) is 2.55. The van der Waals surface area contributed by atoms with Gasteiger partial charge in [-0.2, -0.15) is 0 Å². The third kappa shape index (κ3) is 4.58. The number of ether oxygens (including phenoxy) is 1. The van der Waals surface area contributed by atoms with E-state index in [9.17, 15) is 9.59 Å². The molecule has 1 N–H and O–H groups in total. The number of benzene rings is 2. The Morgan fingerprint density at radius 1 is 1.00 bits per heavy atom. The average molecular weight is 486 g/mol. The van der Waals surface area contributed by atoms with E-state index in [1.54, 1.807) is 37.3 Å². The Kier molecular flexibility index (Phi) is 6.65. The topological polar surface area (TPSA) is 68.5 Å². The van der Waals surface area contributed by atoms with E-state index in [0.717, 1.165) is 5.56 Å². The number of amides is 1. The van der Waals surface area contributed by atoms with Gasteiger partial charge in [0.15, 0.2) is 5.76 Å². The number of nitrogens with one attached hydrogen (secondary N) is 1. The van der Waals surface area contributed by atoms with Crippen LogP contribution in [0.1, 0.15) is 27.8 Å². The van der Waals surface area contributed by atoms with Gasteiger partial charge in [-0.25, -0.2) is 4.79 Å². The van der Waals surface area contributed by atoms with Gasteiger partial charge in [0.2, 0.25) is 0 Å². The summed E-state index contributed by atoms with van der Waals surface area (Å²) in [6.45, 7) is 1.96. The number of furan rings is 1. The van der Waals surface area contributed by atoms with Crippen LogP contribution in [0.4, 0.5) is 5.00 Å². The minimum atomic E-state index is -0.501. The normalized spacial score (nSPS) is 10.7. The number of thiophene rings is 1. The first kappa shape index (κ1) is 22.1. The molecule has 162 valence electrons. The second-order valence-electron chi connectivity index (χ2n) is 6.69. The molecule has 4 aromatic rings.